The third kappa shape index (κ3) is 1.78. The number of fused-ring (bicyclic) bond motifs is 1. The summed E-state index contributed by atoms with van der Waals surface area (Å²) in [6.07, 6.45) is 5.49. The summed E-state index contributed by atoms with van der Waals surface area (Å²) in [5.41, 5.74) is 0.810. The molecule has 15 heavy (non-hydrogen) atoms. The van der Waals surface area contributed by atoms with Gasteiger partial charge in [-0.3, -0.25) is 0 Å². The molecule has 0 atom stereocenters. The van der Waals surface area contributed by atoms with E-state index in [1.54, 1.807) is 0 Å². The second-order valence-corrected chi connectivity index (χ2v) is 4.13. The lowest BCUT2D eigenvalue weighted by atomic mass is 9.85. The fraction of sp³-hybridized carbons (Fsp3) is 0.385. The minimum atomic E-state index is -0.268. The van der Waals surface area contributed by atoms with Crippen LogP contribution in [0.5, 0.6) is 11.5 Å². The third-order valence-corrected chi connectivity index (χ3v) is 2.62. The molecule has 0 bridgehead atoms. The Bertz CT molecular complexity index is 413. The molecule has 0 fully saturated rings. The van der Waals surface area contributed by atoms with E-state index in [4.69, 9.17) is 15.9 Å². The average molecular weight is 202 g/mol. The lowest BCUT2D eigenvalue weighted by Crippen LogP contribution is -2.18. The van der Waals surface area contributed by atoms with Crippen LogP contribution in [0.25, 0.3) is 0 Å². The van der Waals surface area contributed by atoms with Crippen LogP contribution in [-0.4, -0.2) is 13.2 Å². The average Bonchev–Trinajstić information content (AvgIpc) is 2.28. The first-order valence-electron chi connectivity index (χ1n) is 5.01. The van der Waals surface area contributed by atoms with Crippen molar-refractivity contribution in [2.24, 2.45) is 0 Å². The van der Waals surface area contributed by atoms with Crippen LogP contribution in [-0.2, 0) is 5.41 Å². The van der Waals surface area contributed by atoms with E-state index in [2.05, 4.69) is 5.92 Å². The maximum absolute atomic E-state index is 5.51. The van der Waals surface area contributed by atoms with Gasteiger partial charge in [0.25, 0.3) is 0 Å². The lowest BCUT2D eigenvalue weighted by Gasteiger charge is -2.23. The fourth-order valence-corrected chi connectivity index (χ4v) is 1.52. The highest BCUT2D eigenvalue weighted by Gasteiger charge is 2.20. The Morgan fingerprint density at radius 1 is 1.20 bits per heavy atom. The summed E-state index contributed by atoms with van der Waals surface area (Å²) >= 11 is 0. The summed E-state index contributed by atoms with van der Waals surface area (Å²) in [5.74, 6) is 4.37. The second kappa shape index (κ2) is 3.51. The van der Waals surface area contributed by atoms with E-state index in [9.17, 15) is 0 Å². The molecule has 1 aromatic carbocycles. The van der Waals surface area contributed by atoms with E-state index >= 15 is 0 Å². The first-order chi connectivity index (χ1) is 7.13. The summed E-state index contributed by atoms with van der Waals surface area (Å²) in [5, 5.41) is 0. The van der Waals surface area contributed by atoms with Crippen LogP contribution in [0.1, 0.15) is 19.4 Å². The Balaban J connectivity index is 2.41. The number of benzene rings is 1. The van der Waals surface area contributed by atoms with Crippen LogP contribution in [0, 0.1) is 12.3 Å². The van der Waals surface area contributed by atoms with Crippen LogP contribution in [0.3, 0.4) is 0 Å². The van der Waals surface area contributed by atoms with Gasteiger partial charge < -0.3 is 9.47 Å². The van der Waals surface area contributed by atoms with Gasteiger partial charge >= 0.3 is 0 Å². The zero-order chi connectivity index (χ0) is 10.9. The molecule has 0 spiro atoms. The lowest BCUT2D eigenvalue weighted by molar-refractivity contribution is 0.171. The van der Waals surface area contributed by atoms with Crippen LogP contribution in [0.15, 0.2) is 18.2 Å². The summed E-state index contributed by atoms with van der Waals surface area (Å²) < 4.78 is 11.0. The number of hydrogen-bond donors (Lipinski definition) is 0. The van der Waals surface area contributed by atoms with Crippen molar-refractivity contribution in [3.63, 3.8) is 0 Å². The van der Waals surface area contributed by atoms with Crippen molar-refractivity contribution in [3.8, 4) is 23.8 Å². The number of ether oxygens (including phenoxy) is 2. The van der Waals surface area contributed by atoms with E-state index in [0.717, 1.165) is 17.1 Å². The van der Waals surface area contributed by atoms with Crippen molar-refractivity contribution in [1.82, 2.24) is 0 Å². The first kappa shape index (κ1) is 9.92. The molecular weight excluding hydrogens is 188 g/mol. The van der Waals surface area contributed by atoms with Gasteiger partial charge in [0.15, 0.2) is 11.5 Å². The van der Waals surface area contributed by atoms with Crippen molar-refractivity contribution in [2.45, 2.75) is 19.3 Å². The predicted octanol–water partition coefficient (Wildman–Crippen LogP) is 2.37. The smallest absolute Gasteiger partial charge is 0.161 e. The molecule has 1 aliphatic heterocycles. The standard InChI is InChI=1S/C13H14O2/c1-4-13(2,3)10-5-6-11-12(9-10)15-8-7-14-11/h1,5-6,9H,7-8H2,2-3H3. The van der Waals surface area contributed by atoms with Gasteiger partial charge in [0.1, 0.15) is 13.2 Å². The van der Waals surface area contributed by atoms with Gasteiger partial charge in [0.2, 0.25) is 0 Å². The molecule has 1 heterocycles. The molecular formula is C13H14O2. The van der Waals surface area contributed by atoms with Crippen molar-refractivity contribution in [3.05, 3.63) is 23.8 Å². The van der Waals surface area contributed by atoms with E-state index in [-0.39, 0.29) is 5.41 Å². The molecule has 2 nitrogen and oxygen atoms in total. The minimum Gasteiger partial charge on any atom is -0.486 e. The summed E-state index contributed by atoms with van der Waals surface area (Å²) in [6.45, 7) is 5.24. The highest BCUT2D eigenvalue weighted by Crippen LogP contribution is 2.34. The maximum Gasteiger partial charge on any atom is 0.161 e. The van der Waals surface area contributed by atoms with Crippen LogP contribution in [0.2, 0.25) is 0 Å². The number of hydrogen-bond acceptors (Lipinski definition) is 2. The van der Waals surface area contributed by atoms with Crippen LogP contribution < -0.4 is 9.47 Å². The highest BCUT2D eigenvalue weighted by atomic mass is 16.6. The fourth-order valence-electron chi connectivity index (χ4n) is 1.52. The van der Waals surface area contributed by atoms with Gasteiger partial charge in [-0.2, -0.15) is 0 Å². The van der Waals surface area contributed by atoms with Gasteiger partial charge in [0.05, 0.1) is 5.41 Å². The van der Waals surface area contributed by atoms with Gasteiger partial charge in [-0.05, 0) is 31.5 Å². The Labute approximate surface area is 90.2 Å². The quantitative estimate of drug-likeness (QED) is 0.651. The normalized spacial score (nSPS) is 14.5. The molecule has 0 saturated heterocycles. The van der Waals surface area contributed by atoms with Crippen molar-refractivity contribution >= 4 is 0 Å². The van der Waals surface area contributed by atoms with Crippen molar-refractivity contribution < 1.29 is 9.47 Å². The van der Waals surface area contributed by atoms with E-state index in [1.807, 2.05) is 32.0 Å². The van der Waals surface area contributed by atoms with Crippen molar-refractivity contribution in [2.75, 3.05) is 13.2 Å². The molecule has 1 aliphatic rings. The molecule has 0 radical (unpaired) electrons. The molecule has 1 aromatic rings. The predicted molar refractivity (Wildman–Crippen MR) is 59.3 cm³/mol. The van der Waals surface area contributed by atoms with Crippen LogP contribution in [0.4, 0.5) is 0 Å². The first-order valence-corrected chi connectivity index (χ1v) is 5.01. The van der Waals surface area contributed by atoms with Gasteiger partial charge in [-0.15, -0.1) is 6.42 Å². The summed E-state index contributed by atoms with van der Waals surface area (Å²) in [6, 6.07) is 5.88. The number of terminal acetylenes is 1. The third-order valence-electron chi connectivity index (χ3n) is 2.62. The van der Waals surface area contributed by atoms with Gasteiger partial charge in [-0.25, -0.2) is 0 Å². The second-order valence-electron chi connectivity index (χ2n) is 4.13. The van der Waals surface area contributed by atoms with Gasteiger partial charge in [-0.1, -0.05) is 12.0 Å². The Kier molecular flexibility index (Phi) is 2.32. The molecule has 0 aliphatic carbocycles. The van der Waals surface area contributed by atoms with Gasteiger partial charge in [0, 0.05) is 0 Å². The van der Waals surface area contributed by atoms with E-state index in [1.165, 1.54) is 0 Å². The zero-order valence-electron chi connectivity index (χ0n) is 9.04. The molecule has 78 valence electrons. The molecule has 0 aromatic heterocycles. The Morgan fingerprint density at radius 3 is 2.53 bits per heavy atom. The molecule has 0 unspecified atom stereocenters. The molecule has 0 amide bonds. The SMILES string of the molecule is C#CC(C)(C)c1ccc2c(c1)OCCO2. The summed E-state index contributed by atoms with van der Waals surface area (Å²) in [4.78, 5) is 0. The Morgan fingerprint density at radius 2 is 1.87 bits per heavy atom. The van der Waals surface area contributed by atoms with Crippen molar-refractivity contribution in [1.29, 1.82) is 0 Å². The maximum atomic E-state index is 5.51. The molecule has 2 rings (SSSR count). The van der Waals surface area contributed by atoms with E-state index < -0.39 is 0 Å². The minimum absolute atomic E-state index is 0.268. The molecule has 0 N–H and O–H groups in total. The topological polar surface area (TPSA) is 18.5 Å². The van der Waals surface area contributed by atoms with Crippen LogP contribution >= 0.6 is 0 Å². The van der Waals surface area contributed by atoms with E-state index in [0.29, 0.717) is 13.2 Å². The molecule has 0 saturated carbocycles. The largest absolute Gasteiger partial charge is 0.486 e. The highest BCUT2D eigenvalue weighted by molar-refractivity contribution is 5.47. The molecule has 2 heteroatoms. The zero-order valence-corrected chi connectivity index (χ0v) is 9.04. The number of rotatable bonds is 1. The Hall–Kier alpha value is -1.62. The summed E-state index contributed by atoms with van der Waals surface area (Å²) in [7, 11) is 0. The monoisotopic (exact) mass is 202 g/mol.